The molecule has 3 aromatic heterocycles. The highest BCUT2D eigenvalue weighted by Gasteiger charge is 2.32. The molecule has 2 amide bonds. The van der Waals surface area contributed by atoms with Crippen LogP contribution in [0.3, 0.4) is 0 Å². The van der Waals surface area contributed by atoms with Gasteiger partial charge in [0.2, 0.25) is 5.91 Å². The van der Waals surface area contributed by atoms with E-state index in [9.17, 15) is 22.8 Å². The molecule has 44 heavy (non-hydrogen) atoms. The summed E-state index contributed by atoms with van der Waals surface area (Å²) in [7, 11) is 2.06. The molecule has 228 valence electrons. The third kappa shape index (κ3) is 6.11. The summed E-state index contributed by atoms with van der Waals surface area (Å²) in [6, 6.07) is 8.50. The summed E-state index contributed by atoms with van der Waals surface area (Å²) < 4.78 is 40.9. The number of rotatable bonds is 8. The molecule has 0 unspecified atom stereocenters. The van der Waals surface area contributed by atoms with Crippen LogP contribution < -0.4 is 11.1 Å². The number of nitrogen functional groups attached to an aromatic ring is 1. The number of aromatic nitrogens is 5. The monoisotopic (exact) mass is 605 g/mol. The number of likely N-dealkylation sites (tertiary alicyclic amines) is 1. The van der Waals surface area contributed by atoms with Crippen LogP contribution in [0, 0.1) is 0 Å². The normalized spacial score (nSPS) is 17.2. The van der Waals surface area contributed by atoms with Gasteiger partial charge in [0.25, 0.3) is 5.91 Å². The largest absolute Gasteiger partial charge is 0.416 e. The molecular formula is C30H30F3N9O2. The molecule has 6 rings (SSSR count). The van der Waals surface area contributed by atoms with Crippen LogP contribution in [0.1, 0.15) is 41.2 Å². The van der Waals surface area contributed by atoms with E-state index in [1.807, 2.05) is 6.08 Å². The van der Waals surface area contributed by atoms with Crippen molar-refractivity contribution in [3.8, 4) is 11.3 Å². The van der Waals surface area contributed by atoms with Crippen LogP contribution in [-0.4, -0.2) is 79.1 Å². The molecule has 1 atom stereocenters. The number of carbonyl (C=O) groups excluding carboxylic acids is 2. The Kier molecular flexibility index (Phi) is 7.76. The van der Waals surface area contributed by atoms with E-state index in [4.69, 9.17) is 10.8 Å². The fourth-order valence-electron chi connectivity index (χ4n) is 5.33. The average Bonchev–Trinajstić information content (AvgIpc) is 3.61. The third-order valence-corrected chi connectivity index (χ3v) is 7.91. The van der Waals surface area contributed by atoms with Crippen LogP contribution in [0.5, 0.6) is 0 Å². The molecule has 14 heteroatoms. The van der Waals surface area contributed by atoms with E-state index >= 15 is 0 Å². The lowest BCUT2D eigenvalue weighted by atomic mass is 10.1. The maximum atomic E-state index is 13.0. The summed E-state index contributed by atoms with van der Waals surface area (Å²) in [5.74, 6) is -0.640. The van der Waals surface area contributed by atoms with Gasteiger partial charge in [-0.2, -0.15) is 18.3 Å². The first kappa shape index (κ1) is 29.2. The summed E-state index contributed by atoms with van der Waals surface area (Å²) in [5, 5.41) is 7.78. The molecule has 2 fully saturated rings. The van der Waals surface area contributed by atoms with Crippen LogP contribution in [0.25, 0.3) is 22.3 Å². The van der Waals surface area contributed by atoms with E-state index in [1.54, 1.807) is 27.8 Å². The Labute approximate surface area is 250 Å². The number of hydrogen-bond donors (Lipinski definition) is 2. The molecule has 4 heterocycles. The van der Waals surface area contributed by atoms with Crippen molar-refractivity contribution in [1.29, 1.82) is 0 Å². The number of likely N-dealkylation sites (N-methyl/N-ethyl adjacent to an activating group) is 1. The van der Waals surface area contributed by atoms with Gasteiger partial charge in [0.1, 0.15) is 23.7 Å². The Morgan fingerprint density at radius 1 is 1.11 bits per heavy atom. The first-order valence-corrected chi connectivity index (χ1v) is 14.2. The molecule has 1 saturated heterocycles. The van der Waals surface area contributed by atoms with E-state index in [2.05, 4.69) is 32.2 Å². The smallest absolute Gasteiger partial charge is 0.383 e. The van der Waals surface area contributed by atoms with Crippen molar-refractivity contribution < 1.29 is 22.8 Å². The van der Waals surface area contributed by atoms with E-state index in [-0.39, 0.29) is 29.1 Å². The minimum atomic E-state index is -4.56. The third-order valence-electron chi connectivity index (χ3n) is 7.91. The summed E-state index contributed by atoms with van der Waals surface area (Å²) in [4.78, 5) is 42.0. The van der Waals surface area contributed by atoms with Gasteiger partial charge in [-0.25, -0.2) is 19.6 Å². The van der Waals surface area contributed by atoms with Crippen LogP contribution in [0.4, 0.5) is 24.8 Å². The van der Waals surface area contributed by atoms with Gasteiger partial charge in [0.05, 0.1) is 17.0 Å². The van der Waals surface area contributed by atoms with Crippen molar-refractivity contribution >= 4 is 34.5 Å². The standard InChI is InChI=1S/C30H30F3N9O2/c1-40(21-8-9-21)13-2-3-24(43)41-14-11-22(16-41)42-28-25(27(34)36-17-37-28)26(39-42)18-4-6-19(7-5-18)29(44)38-23-15-20(10-12-35-23)30(31,32)33/h2-7,10,12,15,17,21-22H,8-9,11,13-14,16H2,1H3,(H2,34,36,37)(H,35,38,44)/t22-/m1/s1. The van der Waals surface area contributed by atoms with Crippen molar-refractivity contribution in [1.82, 2.24) is 34.5 Å². The number of nitrogens with one attached hydrogen (secondary N) is 1. The fourth-order valence-corrected chi connectivity index (χ4v) is 5.33. The van der Waals surface area contributed by atoms with Gasteiger partial charge in [-0.1, -0.05) is 18.2 Å². The Morgan fingerprint density at radius 2 is 1.89 bits per heavy atom. The number of nitrogens with zero attached hydrogens (tertiary/aromatic N) is 7. The van der Waals surface area contributed by atoms with Crippen molar-refractivity contribution in [2.75, 3.05) is 37.7 Å². The van der Waals surface area contributed by atoms with Gasteiger partial charge in [-0.05, 0) is 50.6 Å². The van der Waals surface area contributed by atoms with E-state index in [0.717, 1.165) is 24.9 Å². The quantitative estimate of drug-likeness (QED) is 0.286. The lowest BCUT2D eigenvalue weighted by Crippen LogP contribution is -2.28. The van der Waals surface area contributed by atoms with Crippen LogP contribution >= 0.6 is 0 Å². The molecule has 0 bridgehead atoms. The first-order chi connectivity index (χ1) is 21.1. The van der Waals surface area contributed by atoms with Crippen LogP contribution in [-0.2, 0) is 11.0 Å². The number of amides is 2. The maximum Gasteiger partial charge on any atom is 0.416 e. The zero-order valence-corrected chi connectivity index (χ0v) is 23.8. The number of nitrogens with two attached hydrogens (primary N) is 1. The molecule has 1 saturated carbocycles. The molecule has 0 spiro atoms. The number of pyridine rings is 1. The molecule has 1 aromatic carbocycles. The molecule has 4 aromatic rings. The number of hydrogen-bond acceptors (Lipinski definition) is 8. The molecule has 1 aliphatic heterocycles. The topological polar surface area (TPSA) is 135 Å². The van der Waals surface area contributed by atoms with Crippen LogP contribution in [0.15, 0.2) is 61.1 Å². The number of alkyl halides is 3. The Balaban J connectivity index is 1.19. The lowest BCUT2D eigenvalue weighted by molar-refractivity contribution is -0.137. The number of halogens is 3. The van der Waals surface area contributed by atoms with Crippen molar-refractivity contribution in [2.24, 2.45) is 0 Å². The zero-order chi connectivity index (χ0) is 31.0. The summed E-state index contributed by atoms with van der Waals surface area (Å²) in [6.45, 7) is 1.78. The molecular weight excluding hydrogens is 575 g/mol. The molecule has 2 aliphatic rings. The summed E-state index contributed by atoms with van der Waals surface area (Å²) in [5.41, 5.74) is 7.24. The predicted molar refractivity (Wildman–Crippen MR) is 157 cm³/mol. The lowest BCUT2D eigenvalue weighted by Gasteiger charge is -2.16. The minimum Gasteiger partial charge on any atom is -0.383 e. The first-order valence-electron chi connectivity index (χ1n) is 14.2. The Morgan fingerprint density at radius 3 is 2.61 bits per heavy atom. The van der Waals surface area contributed by atoms with Gasteiger partial charge in [-0.3, -0.25) is 14.5 Å². The minimum absolute atomic E-state index is 0.0447. The van der Waals surface area contributed by atoms with Gasteiger partial charge < -0.3 is 16.0 Å². The highest BCUT2D eigenvalue weighted by molar-refractivity contribution is 6.04. The van der Waals surface area contributed by atoms with Crippen LogP contribution in [0.2, 0.25) is 0 Å². The number of anilines is 2. The van der Waals surface area contributed by atoms with E-state index in [1.165, 1.54) is 31.3 Å². The predicted octanol–water partition coefficient (Wildman–Crippen LogP) is 4.17. The fraction of sp³-hybridized carbons (Fsp3) is 0.333. The number of benzene rings is 1. The van der Waals surface area contributed by atoms with Gasteiger partial charge >= 0.3 is 6.18 Å². The Bertz CT molecular complexity index is 1730. The highest BCUT2D eigenvalue weighted by atomic mass is 19.4. The van der Waals surface area contributed by atoms with Gasteiger partial charge in [0, 0.05) is 49.1 Å². The highest BCUT2D eigenvalue weighted by Crippen LogP contribution is 2.34. The molecule has 1 aliphatic carbocycles. The van der Waals surface area contributed by atoms with Gasteiger partial charge in [-0.15, -0.1) is 0 Å². The van der Waals surface area contributed by atoms with Crippen molar-refractivity contribution in [3.05, 3.63) is 72.2 Å². The van der Waals surface area contributed by atoms with E-state index < -0.39 is 17.6 Å². The number of carbonyl (C=O) groups is 2. The SMILES string of the molecule is CN(CC=CC(=O)N1CC[C@@H](n2nc(-c3ccc(C(=O)Nc4cc(C(F)(F)F)ccn4)cc3)c3c(N)ncnc32)C1)C1CC1. The number of fused-ring (bicyclic) bond motifs is 1. The molecule has 11 nitrogen and oxygen atoms in total. The maximum absolute atomic E-state index is 13.0. The summed E-state index contributed by atoms with van der Waals surface area (Å²) in [6.07, 6.45) is 4.44. The van der Waals surface area contributed by atoms with Crippen molar-refractivity contribution in [2.45, 2.75) is 37.5 Å². The molecule has 0 radical (unpaired) electrons. The van der Waals surface area contributed by atoms with Gasteiger partial charge in [0.15, 0.2) is 5.65 Å². The summed E-state index contributed by atoms with van der Waals surface area (Å²) >= 11 is 0. The second-order valence-corrected chi connectivity index (χ2v) is 11.0. The average molecular weight is 606 g/mol. The Hall–Kier alpha value is -4.85. The molecule has 3 N–H and O–H groups in total. The second kappa shape index (κ2) is 11.7. The van der Waals surface area contributed by atoms with Crippen molar-refractivity contribution in [3.63, 3.8) is 0 Å². The van der Waals surface area contributed by atoms with E-state index in [0.29, 0.717) is 47.8 Å². The second-order valence-electron chi connectivity index (χ2n) is 11.0. The zero-order valence-electron chi connectivity index (χ0n) is 23.8.